The zero-order valence-corrected chi connectivity index (χ0v) is 51.4. The number of allylic oxidation sites excluding steroid dienone is 2. The average molecular weight is 1220 g/mol. The molecule has 3 saturated heterocycles. The highest BCUT2D eigenvalue weighted by molar-refractivity contribution is 5.96. The first-order valence-electron chi connectivity index (χ1n) is 30.5. The summed E-state index contributed by atoms with van der Waals surface area (Å²) < 4.78 is 33.3. The van der Waals surface area contributed by atoms with Gasteiger partial charge < -0.3 is 74.0 Å². The van der Waals surface area contributed by atoms with Crippen molar-refractivity contribution in [2.75, 3.05) is 44.7 Å². The molecule has 0 radical (unpaired) electrons. The van der Waals surface area contributed by atoms with Gasteiger partial charge in [0.1, 0.15) is 42.4 Å². The van der Waals surface area contributed by atoms with Crippen LogP contribution >= 0.6 is 0 Å². The number of aliphatic hydroxyl groups excluding tert-OH is 5. The van der Waals surface area contributed by atoms with Crippen LogP contribution in [0.15, 0.2) is 51.8 Å². The molecule has 87 heavy (non-hydrogen) atoms. The highest BCUT2D eigenvalue weighted by Crippen LogP contribution is 2.75. The van der Waals surface area contributed by atoms with Crippen molar-refractivity contribution in [1.82, 2.24) is 23.6 Å². The van der Waals surface area contributed by atoms with Crippen molar-refractivity contribution < 1.29 is 83.7 Å². The number of carboxylic acid groups (broad SMARTS) is 3. The summed E-state index contributed by atoms with van der Waals surface area (Å²) in [7, 11) is 4.83. The number of fused-ring (bicyclic) bond motifs is 8. The van der Waals surface area contributed by atoms with Gasteiger partial charge in [0, 0.05) is 59.3 Å². The number of para-hydroxylation sites is 2. The van der Waals surface area contributed by atoms with E-state index in [2.05, 4.69) is 48.5 Å². The number of imidazole rings is 1. The first-order valence-corrected chi connectivity index (χ1v) is 30.5. The van der Waals surface area contributed by atoms with Crippen LogP contribution in [0.5, 0.6) is 5.75 Å². The molecule has 2 aromatic heterocycles. The van der Waals surface area contributed by atoms with E-state index in [9.17, 15) is 69.6 Å². The smallest absolute Gasteiger partial charge is 0.335 e. The molecule has 0 spiro atoms. The second kappa shape index (κ2) is 23.3. The molecule has 19 atom stereocenters. The van der Waals surface area contributed by atoms with Crippen LogP contribution in [-0.4, -0.2) is 195 Å². The molecule has 8 aliphatic rings. The summed E-state index contributed by atoms with van der Waals surface area (Å²) in [6, 6.07) is 8.09. The summed E-state index contributed by atoms with van der Waals surface area (Å²) in [6.45, 7) is 20.0. The van der Waals surface area contributed by atoms with Crippen LogP contribution < -0.4 is 20.9 Å². The lowest BCUT2D eigenvalue weighted by atomic mass is 9.33. The summed E-state index contributed by atoms with van der Waals surface area (Å²) >= 11 is 0. The fourth-order valence-electron chi connectivity index (χ4n) is 17.3. The van der Waals surface area contributed by atoms with Gasteiger partial charge in [-0.2, -0.15) is 0 Å². The number of hydrogen-bond acceptors (Lipinski definition) is 19. The van der Waals surface area contributed by atoms with Gasteiger partial charge in [-0.05, 0) is 122 Å². The number of hydrogen-bond donors (Lipinski definition) is 8. The van der Waals surface area contributed by atoms with Crippen LogP contribution in [0.1, 0.15) is 106 Å². The van der Waals surface area contributed by atoms with E-state index in [0.29, 0.717) is 43.4 Å². The normalized spacial score (nSPS) is 40.1. The lowest BCUT2D eigenvalue weighted by Crippen LogP contribution is -2.68. The van der Waals surface area contributed by atoms with E-state index >= 15 is 0 Å². The minimum Gasteiger partial charge on any atom is -0.495 e. The van der Waals surface area contributed by atoms with Gasteiger partial charge in [-0.25, -0.2) is 19.4 Å². The highest BCUT2D eigenvalue weighted by Gasteiger charge is 2.71. The summed E-state index contributed by atoms with van der Waals surface area (Å²) in [5.74, 6) is -3.57. The van der Waals surface area contributed by atoms with Gasteiger partial charge in [0.15, 0.2) is 41.7 Å². The number of methoxy groups -OCH3 is 1. The van der Waals surface area contributed by atoms with Gasteiger partial charge in [0.2, 0.25) is 0 Å². The molecule has 4 saturated carbocycles. The van der Waals surface area contributed by atoms with E-state index in [-0.39, 0.29) is 45.6 Å². The molecule has 25 nitrogen and oxygen atoms in total. The number of aliphatic hydroxyl groups is 5. The Morgan fingerprint density at radius 3 is 1.99 bits per heavy atom. The van der Waals surface area contributed by atoms with Crippen LogP contribution in [0.4, 0.5) is 5.69 Å². The number of nitrogens with zero attached hydrogens (tertiary/aromatic N) is 6. The number of carboxylic acids is 3. The van der Waals surface area contributed by atoms with E-state index in [1.54, 1.807) is 20.5 Å². The quantitative estimate of drug-likeness (QED) is 0.121. The van der Waals surface area contributed by atoms with Crippen LogP contribution in [0, 0.1) is 50.2 Å². The third-order valence-corrected chi connectivity index (χ3v) is 22.9. The van der Waals surface area contributed by atoms with Gasteiger partial charge in [0.05, 0.1) is 30.6 Å². The number of benzene rings is 1. The first kappa shape index (κ1) is 64.4. The van der Waals surface area contributed by atoms with Crippen molar-refractivity contribution >= 4 is 40.5 Å². The van der Waals surface area contributed by atoms with E-state index in [0.717, 1.165) is 86.4 Å². The fourth-order valence-corrected chi connectivity index (χ4v) is 17.3. The SMILES string of the molecule is CC1(C)[C@@H](O[C@H]2O[C@H](C(=O)O)[C@@H](O)[C@H](O)[C@H]2O[C@@H]2O[C@H](C(=O)O)[C@@H](O)[C@H](O)[C@H]2O)CC[C@]2(C)[C@H]3C(=O)C=C4[C@@H]5C[C@@](C)(C(=O)O)CC[C@]5(C)CC[C@@]4(C)[C@]3(C)CC[C@@H]12.COc1ccccc1N1CCN(CCn2cnc3c2c(=O)n(C)c(=O)n3C)CC1. The van der Waals surface area contributed by atoms with Crippen molar-refractivity contribution in [2.45, 2.75) is 180 Å². The number of anilines is 1. The number of piperazine rings is 1. The molecule has 0 unspecified atom stereocenters. The van der Waals surface area contributed by atoms with Crippen molar-refractivity contribution in [3.05, 3.63) is 63.1 Å². The number of aryl methyl sites for hydroxylation is 1. The molecule has 3 aromatic rings. The van der Waals surface area contributed by atoms with Gasteiger partial charge in [-0.15, -0.1) is 0 Å². The Hall–Kier alpha value is -5.61. The summed E-state index contributed by atoms with van der Waals surface area (Å²) in [4.78, 5) is 84.9. The Morgan fingerprint density at radius 2 is 1.34 bits per heavy atom. The Kier molecular flexibility index (Phi) is 17.3. The van der Waals surface area contributed by atoms with Gasteiger partial charge in [-0.3, -0.25) is 28.4 Å². The topological polar surface area (TPSA) is 345 Å². The standard InChI is InChI=1S/C42H62O16.C20H26N6O3/c1-37(2)21-8-11-42(7)31(20(43)16-18-19-17-39(4,36(53)54)13-12-38(19,3)14-15-41(18,42)6)40(21,5)10-9-22(37)55-35-30(26(47)25(46)29(57-35)33(51)52)58-34-27(48)23(44)24(45)28(56-34)32(49)50;1-22-18-17(19(27)23(2)20(22)28)26(14-21-18)13-10-24-8-11-25(12-9-24)15-6-4-5-7-16(15)29-3/h16,19,21-31,34-35,44-48H,8-15,17H2,1-7H3,(H,49,50)(H,51,52)(H,53,54);4-7,14H,8-13H2,1-3H3/t19-,21-,22-,23-,24-,25-,26-,27+,28-,29-,30+,31+,34-,35-,38+,39-,40-,41+,42+;/m0./s1. The van der Waals surface area contributed by atoms with E-state index in [1.165, 1.54) is 11.6 Å². The zero-order chi connectivity index (χ0) is 63.4. The fraction of sp³-hybridized carbons (Fsp3) is 0.726. The number of carbonyl (C=O) groups is 4. The van der Waals surface area contributed by atoms with Crippen LogP contribution in [-0.2, 0) is 58.8 Å². The maximum Gasteiger partial charge on any atom is 0.335 e. The maximum atomic E-state index is 14.8. The summed E-state index contributed by atoms with van der Waals surface area (Å²) in [6.07, 6.45) is -10.6. The first-order chi connectivity index (χ1) is 40.8. The second-order valence-corrected chi connectivity index (χ2v) is 27.9. The van der Waals surface area contributed by atoms with E-state index < -0.39 is 107 Å². The Balaban J connectivity index is 0.000000241. The molecule has 5 heterocycles. The molecule has 3 aliphatic heterocycles. The van der Waals surface area contributed by atoms with Gasteiger partial charge in [-0.1, -0.05) is 59.2 Å². The minimum atomic E-state index is -2.05. The molecule has 0 amide bonds. The van der Waals surface area contributed by atoms with E-state index in [1.807, 2.05) is 49.6 Å². The third-order valence-electron chi connectivity index (χ3n) is 22.9. The highest BCUT2D eigenvalue weighted by atomic mass is 16.8. The molecular formula is C62H88N6O19. The average Bonchev–Trinajstić information content (AvgIpc) is 1.03. The van der Waals surface area contributed by atoms with Crippen LogP contribution in [0.2, 0.25) is 0 Å². The molecule has 8 N–H and O–H groups in total. The number of carbonyl (C=O) groups excluding carboxylic acids is 1. The zero-order valence-electron chi connectivity index (χ0n) is 51.4. The molecule has 0 bridgehead atoms. The lowest BCUT2D eigenvalue weighted by molar-refractivity contribution is -0.371. The van der Waals surface area contributed by atoms with Crippen molar-refractivity contribution in [3.63, 3.8) is 0 Å². The monoisotopic (exact) mass is 1220 g/mol. The predicted molar refractivity (Wildman–Crippen MR) is 311 cm³/mol. The maximum absolute atomic E-state index is 14.8. The molecule has 11 rings (SSSR count). The Bertz CT molecular complexity index is 3300. The van der Waals surface area contributed by atoms with E-state index in [4.69, 9.17) is 23.7 Å². The number of rotatable bonds is 12. The number of ether oxygens (including phenoxy) is 5. The van der Waals surface area contributed by atoms with Crippen LogP contribution in [0.25, 0.3) is 11.2 Å². The van der Waals surface area contributed by atoms with Crippen molar-refractivity contribution in [2.24, 2.45) is 64.3 Å². The second-order valence-electron chi connectivity index (χ2n) is 27.9. The number of aromatic nitrogens is 4. The van der Waals surface area contributed by atoms with Crippen molar-refractivity contribution in [1.29, 1.82) is 0 Å². The summed E-state index contributed by atoms with van der Waals surface area (Å²) in [5.41, 5.74) is -0.446. The summed E-state index contributed by atoms with van der Waals surface area (Å²) in [5, 5.41) is 83.0. The van der Waals surface area contributed by atoms with Gasteiger partial charge in [0.25, 0.3) is 5.56 Å². The van der Waals surface area contributed by atoms with Gasteiger partial charge >= 0.3 is 23.6 Å². The Labute approximate surface area is 504 Å². The van der Waals surface area contributed by atoms with Crippen LogP contribution in [0.3, 0.4) is 0 Å². The lowest BCUT2D eigenvalue weighted by Gasteiger charge is -2.70. The molecule has 1 aromatic carbocycles. The predicted octanol–water partition coefficient (Wildman–Crippen LogP) is 2.51. The molecule has 480 valence electrons. The van der Waals surface area contributed by atoms with Crippen molar-refractivity contribution in [3.8, 4) is 5.75 Å². The third kappa shape index (κ3) is 10.6. The largest absolute Gasteiger partial charge is 0.495 e. The molecule has 7 fully saturated rings. The molecule has 5 aliphatic carbocycles. The Morgan fingerprint density at radius 1 is 0.713 bits per heavy atom. The molecular weight excluding hydrogens is 1130 g/mol. The number of aliphatic carboxylic acids is 3. The minimum absolute atomic E-state index is 0.0217. The molecule has 25 heteroatoms. The number of ketones is 1.